The van der Waals surface area contributed by atoms with Crippen LogP contribution in [0.25, 0.3) is 0 Å². The molecule has 0 amide bonds. The van der Waals surface area contributed by atoms with Gasteiger partial charge in [-0.3, -0.25) is 4.79 Å². The molecule has 0 aromatic heterocycles. The zero-order valence-electron chi connectivity index (χ0n) is 8.73. The molecule has 14 heavy (non-hydrogen) atoms. The van der Waals surface area contributed by atoms with Crippen LogP contribution in [-0.4, -0.2) is 37.5 Å². The Balaban J connectivity index is 2.52. The summed E-state index contributed by atoms with van der Waals surface area (Å²) in [5.74, 6) is -0.287. The second-order valence-corrected chi connectivity index (χ2v) is 3.70. The van der Waals surface area contributed by atoms with E-state index >= 15 is 0 Å². The van der Waals surface area contributed by atoms with Crippen LogP contribution >= 0.6 is 0 Å². The molecule has 0 spiro atoms. The van der Waals surface area contributed by atoms with Gasteiger partial charge in [0.2, 0.25) is 0 Å². The molecule has 4 heteroatoms. The first-order chi connectivity index (χ1) is 6.69. The smallest absolute Gasteiger partial charge is 0.309 e. The lowest BCUT2D eigenvalue weighted by atomic mass is 9.97. The number of carbonyl (C=O) groups excluding carboxylic acids is 1. The predicted octanol–water partition coefficient (Wildman–Crippen LogP) is 0.583. The molecule has 1 unspecified atom stereocenters. The lowest BCUT2D eigenvalue weighted by Gasteiger charge is -2.16. The lowest BCUT2D eigenvalue weighted by Crippen LogP contribution is -2.24. The summed E-state index contributed by atoms with van der Waals surface area (Å²) in [4.78, 5) is 11.5. The highest BCUT2D eigenvalue weighted by atomic mass is 16.5. The molecule has 1 aliphatic rings. The van der Waals surface area contributed by atoms with Crippen molar-refractivity contribution in [3.63, 3.8) is 0 Å². The van der Waals surface area contributed by atoms with E-state index in [1.54, 1.807) is 14.0 Å². The van der Waals surface area contributed by atoms with E-state index < -0.39 is 0 Å². The van der Waals surface area contributed by atoms with Gasteiger partial charge in [0.05, 0.1) is 18.6 Å². The van der Waals surface area contributed by atoms with Crippen LogP contribution < -0.4 is 0 Å². The average molecular weight is 202 g/mol. The van der Waals surface area contributed by atoms with Crippen molar-refractivity contribution in [2.75, 3.05) is 20.3 Å². The quantitative estimate of drug-likeness (QED) is 0.678. The van der Waals surface area contributed by atoms with Crippen molar-refractivity contribution in [3.8, 4) is 0 Å². The summed E-state index contributed by atoms with van der Waals surface area (Å²) >= 11 is 0. The van der Waals surface area contributed by atoms with Crippen LogP contribution in [0.15, 0.2) is 0 Å². The van der Waals surface area contributed by atoms with E-state index in [4.69, 9.17) is 9.47 Å². The summed E-state index contributed by atoms with van der Waals surface area (Å²) in [6, 6.07) is 0. The molecule has 1 fully saturated rings. The maximum atomic E-state index is 11.5. The van der Waals surface area contributed by atoms with Gasteiger partial charge in [-0.05, 0) is 25.7 Å². The fourth-order valence-corrected chi connectivity index (χ4v) is 2.03. The molecule has 0 radical (unpaired) electrons. The fourth-order valence-electron chi connectivity index (χ4n) is 2.03. The number of esters is 1. The van der Waals surface area contributed by atoms with Crippen molar-refractivity contribution in [1.82, 2.24) is 0 Å². The molecule has 0 saturated heterocycles. The molecule has 0 aromatic carbocycles. The third kappa shape index (κ3) is 2.69. The molecule has 82 valence electrons. The number of methoxy groups -OCH3 is 1. The van der Waals surface area contributed by atoms with Crippen LogP contribution in [0.3, 0.4) is 0 Å². The first-order valence-electron chi connectivity index (χ1n) is 5.02. The molecular formula is C10H18O4. The van der Waals surface area contributed by atoms with Crippen LogP contribution in [0.5, 0.6) is 0 Å². The summed E-state index contributed by atoms with van der Waals surface area (Å²) < 4.78 is 9.96. The molecule has 1 N–H and O–H groups in total. The summed E-state index contributed by atoms with van der Waals surface area (Å²) in [5, 5.41) is 9.45. The molecular weight excluding hydrogens is 184 g/mol. The summed E-state index contributed by atoms with van der Waals surface area (Å²) in [7, 11) is 1.60. The SMILES string of the molecule is CCOC(=O)[C@@H]1CC(O)C[C@H]1COC. The molecule has 4 nitrogen and oxygen atoms in total. The Hall–Kier alpha value is -0.610. The number of ether oxygens (including phenoxy) is 2. The Bertz CT molecular complexity index is 193. The second kappa shape index (κ2) is 5.32. The highest BCUT2D eigenvalue weighted by Crippen LogP contribution is 2.33. The summed E-state index contributed by atoms with van der Waals surface area (Å²) in [6.07, 6.45) is 0.758. The molecule has 3 atom stereocenters. The van der Waals surface area contributed by atoms with Gasteiger partial charge >= 0.3 is 5.97 Å². The fraction of sp³-hybridized carbons (Fsp3) is 0.900. The minimum absolute atomic E-state index is 0.106. The summed E-state index contributed by atoms with van der Waals surface area (Å²) in [5.41, 5.74) is 0. The highest BCUT2D eigenvalue weighted by molar-refractivity contribution is 5.73. The van der Waals surface area contributed by atoms with Gasteiger partial charge in [-0.25, -0.2) is 0 Å². The van der Waals surface area contributed by atoms with Gasteiger partial charge in [0.1, 0.15) is 0 Å². The summed E-state index contributed by atoms with van der Waals surface area (Å²) in [6.45, 7) is 2.69. The molecule has 0 aliphatic heterocycles. The van der Waals surface area contributed by atoms with E-state index in [-0.39, 0.29) is 23.9 Å². The van der Waals surface area contributed by atoms with Gasteiger partial charge in [-0.1, -0.05) is 0 Å². The van der Waals surface area contributed by atoms with E-state index in [1.165, 1.54) is 0 Å². The molecule has 0 aromatic rings. The van der Waals surface area contributed by atoms with Crippen molar-refractivity contribution < 1.29 is 19.4 Å². The van der Waals surface area contributed by atoms with Crippen LogP contribution in [-0.2, 0) is 14.3 Å². The van der Waals surface area contributed by atoms with Crippen molar-refractivity contribution in [2.24, 2.45) is 11.8 Å². The maximum Gasteiger partial charge on any atom is 0.309 e. The van der Waals surface area contributed by atoms with Crippen molar-refractivity contribution >= 4 is 5.97 Å². The van der Waals surface area contributed by atoms with Gasteiger partial charge in [0, 0.05) is 13.7 Å². The van der Waals surface area contributed by atoms with Gasteiger partial charge in [0.15, 0.2) is 0 Å². The number of rotatable bonds is 4. The Kier molecular flexibility index (Phi) is 4.35. The first kappa shape index (κ1) is 11.5. The number of carbonyl (C=O) groups is 1. The number of aliphatic hydroxyl groups is 1. The molecule has 1 saturated carbocycles. The topological polar surface area (TPSA) is 55.8 Å². The van der Waals surface area contributed by atoms with E-state index in [9.17, 15) is 9.90 Å². The standard InChI is InChI=1S/C10H18O4/c1-3-14-10(12)9-5-8(11)4-7(9)6-13-2/h7-9,11H,3-6H2,1-2H3/t7-,8?,9+/m0/s1. The van der Waals surface area contributed by atoms with Gasteiger partial charge in [-0.15, -0.1) is 0 Å². The van der Waals surface area contributed by atoms with Crippen molar-refractivity contribution in [2.45, 2.75) is 25.9 Å². The minimum Gasteiger partial charge on any atom is -0.466 e. The molecule has 1 aliphatic carbocycles. The van der Waals surface area contributed by atoms with E-state index in [0.717, 1.165) is 0 Å². The van der Waals surface area contributed by atoms with Gasteiger partial charge in [-0.2, -0.15) is 0 Å². The van der Waals surface area contributed by atoms with Gasteiger partial charge < -0.3 is 14.6 Å². The number of aliphatic hydroxyl groups excluding tert-OH is 1. The predicted molar refractivity (Wildman–Crippen MR) is 50.7 cm³/mol. The average Bonchev–Trinajstić information content (AvgIpc) is 2.48. The third-order valence-electron chi connectivity index (χ3n) is 2.64. The van der Waals surface area contributed by atoms with Crippen molar-refractivity contribution in [1.29, 1.82) is 0 Å². The highest BCUT2D eigenvalue weighted by Gasteiger charge is 2.38. The lowest BCUT2D eigenvalue weighted by molar-refractivity contribution is -0.150. The van der Waals surface area contributed by atoms with Gasteiger partial charge in [0.25, 0.3) is 0 Å². The normalized spacial score (nSPS) is 31.8. The third-order valence-corrected chi connectivity index (χ3v) is 2.64. The zero-order chi connectivity index (χ0) is 10.6. The number of hydrogen-bond donors (Lipinski definition) is 1. The number of hydrogen-bond acceptors (Lipinski definition) is 4. The van der Waals surface area contributed by atoms with Crippen LogP contribution in [0.4, 0.5) is 0 Å². The molecule has 0 bridgehead atoms. The van der Waals surface area contributed by atoms with Crippen LogP contribution in [0.1, 0.15) is 19.8 Å². The maximum absolute atomic E-state index is 11.5. The zero-order valence-corrected chi connectivity index (χ0v) is 8.73. The Morgan fingerprint density at radius 2 is 2.21 bits per heavy atom. The monoisotopic (exact) mass is 202 g/mol. The van der Waals surface area contributed by atoms with Crippen LogP contribution in [0, 0.1) is 11.8 Å². The second-order valence-electron chi connectivity index (χ2n) is 3.70. The van der Waals surface area contributed by atoms with Crippen molar-refractivity contribution in [3.05, 3.63) is 0 Å². The Morgan fingerprint density at radius 1 is 1.50 bits per heavy atom. The minimum atomic E-state index is -0.385. The van der Waals surface area contributed by atoms with E-state index in [1.807, 2.05) is 0 Å². The molecule has 0 heterocycles. The van der Waals surface area contributed by atoms with E-state index in [2.05, 4.69) is 0 Å². The first-order valence-corrected chi connectivity index (χ1v) is 5.02. The molecule has 1 rings (SSSR count). The van der Waals surface area contributed by atoms with E-state index in [0.29, 0.717) is 26.1 Å². The van der Waals surface area contributed by atoms with Crippen LogP contribution in [0.2, 0.25) is 0 Å². The largest absolute Gasteiger partial charge is 0.466 e. The Labute approximate surface area is 84.2 Å². The Morgan fingerprint density at radius 3 is 2.79 bits per heavy atom.